The van der Waals surface area contributed by atoms with Crippen molar-refractivity contribution in [1.29, 1.82) is 0 Å². The lowest BCUT2D eigenvalue weighted by molar-refractivity contribution is -0.141. The number of rotatable bonds is 9. The monoisotopic (exact) mass is 649 g/mol. The van der Waals surface area contributed by atoms with Crippen molar-refractivity contribution in [3.63, 3.8) is 0 Å². The molecule has 0 aliphatic heterocycles. The van der Waals surface area contributed by atoms with Crippen LogP contribution in [0.4, 0.5) is 17.1 Å². The molecule has 0 aliphatic carbocycles. The average molecular weight is 650 g/mol. The molecule has 49 heavy (non-hydrogen) atoms. The van der Waals surface area contributed by atoms with E-state index in [2.05, 4.69) is 38.2 Å². The van der Waals surface area contributed by atoms with E-state index in [0.29, 0.717) is 21.9 Å². The van der Waals surface area contributed by atoms with Crippen LogP contribution in [0.25, 0.3) is 32.3 Å². The van der Waals surface area contributed by atoms with Crippen LogP contribution in [0, 0.1) is 0 Å². The van der Waals surface area contributed by atoms with Gasteiger partial charge in [-0.1, -0.05) is 89.2 Å². The largest absolute Gasteiger partial charge is 0.331 e. The van der Waals surface area contributed by atoms with Gasteiger partial charge in [-0.3, -0.25) is 9.59 Å². The number of hydrogen-bond donors (Lipinski definition) is 0. The summed E-state index contributed by atoms with van der Waals surface area (Å²) in [6, 6.07) is 36.7. The van der Waals surface area contributed by atoms with Gasteiger partial charge >= 0.3 is 11.9 Å². The van der Waals surface area contributed by atoms with Gasteiger partial charge in [0.15, 0.2) is 0 Å². The summed E-state index contributed by atoms with van der Waals surface area (Å²) in [5.74, 6) is -1.99. The predicted molar refractivity (Wildman–Crippen MR) is 192 cm³/mol. The SMILES string of the molecule is CC(=O)O/N=C(/C)C(=O)c1ccc(N(c2ccc3ccccc3c2)c2c3ccccc3c(C(=O)/C(C)=N/OC(C)=O)c3ccccc23)cc1. The summed E-state index contributed by atoms with van der Waals surface area (Å²) in [6.45, 7) is 5.44. The number of ketones is 2. The van der Waals surface area contributed by atoms with Crippen LogP contribution < -0.4 is 4.90 Å². The van der Waals surface area contributed by atoms with Crippen LogP contribution in [-0.2, 0) is 19.3 Å². The van der Waals surface area contributed by atoms with Gasteiger partial charge in [-0.25, -0.2) is 9.59 Å². The van der Waals surface area contributed by atoms with Crippen LogP contribution in [0.3, 0.4) is 0 Å². The Morgan fingerprint density at radius 2 is 0.980 bits per heavy atom. The van der Waals surface area contributed by atoms with Crippen molar-refractivity contribution in [2.45, 2.75) is 27.7 Å². The van der Waals surface area contributed by atoms with Crippen LogP contribution in [-0.4, -0.2) is 34.9 Å². The number of anilines is 3. The summed E-state index contributed by atoms with van der Waals surface area (Å²) < 4.78 is 0. The van der Waals surface area contributed by atoms with E-state index in [1.807, 2.05) is 84.9 Å². The molecule has 0 N–H and O–H groups in total. The molecule has 6 aromatic rings. The molecule has 0 amide bonds. The zero-order chi connectivity index (χ0) is 34.7. The molecule has 9 nitrogen and oxygen atoms in total. The predicted octanol–water partition coefficient (Wildman–Crippen LogP) is 8.86. The number of nitrogens with zero attached hydrogens (tertiary/aromatic N) is 3. The highest BCUT2D eigenvalue weighted by Gasteiger charge is 2.25. The highest BCUT2D eigenvalue weighted by Crippen LogP contribution is 2.46. The van der Waals surface area contributed by atoms with E-state index in [1.165, 1.54) is 27.7 Å². The van der Waals surface area contributed by atoms with E-state index in [0.717, 1.165) is 38.6 Å². The summed E-state index contributed by atoms with van der Waals surface area (Å²) >= 11 is 0. The summed E-state index contributed by atoms with van der Waals surface area (Å²) in [5.41, 5.74) is 3.31. The lowest BCUT2D eigenvalue weighted by Gasteiger charge is -2.29. The Kier molecular flexibility index (Phi) is 9.08. The first-order chi connectivity index (χ1) is 23.6. The van der Waals surface area contributed by atoms with Gasteiger partial charge in [0, 0.05) is 47.1 Å². The summed E-state index contributed by atoms with van der Waals surface area (Å²) in [4.78, 5) is 61.4. The molecule has 6 aromatic carbocycles. The summed E-state index contributed by atoms with van der Waals surface area (Å²) in [7, 11) is 0. The zero-order valence-electron chi connectivity index (χ0n) is 27.3. The van der Waals surface area contributed by atoms with E-state index < -0.39 is 11.9 Å². The molecule has 0 aromatic heterocycles. The molecule has 0 aliphatic rings. The van der Waals surface area contributed by atoms with Crippen molar-refractivity contribution in [2.75, 3.05) is 4.90 Å². The molecule has 0 saturated carbocycles. The number of oxime groups is 2. The second-order valence-electron chi connectivity index (χ2n) is 11.4. The normalized spacial score (nSPS) is 11.8. The first-order valence-electron chi connectivity index (χ1n) is 15.5. The molecule has 9 heteroatoms. The number of fused-ring (bicyclic) bond motifs is 3. The van der Waals surface area contributed by atoms with E-state index in [-0.39, 0.29) is 23.0 Å². The Labute approximate surface area is 282 Å². The third-order valence-electron chi connectivity index (χ3n) is 8.01. The topological polar surface area (TPSA) is 115 Å². The molecule has 0 saturated heterocycles. The van der Waals surface area contributed by atoms with Crippen LogP contribution in [0.15, 0.2) is 126 Å². The third-order valence-corrected chi connectivity index (χ3v) is 8.01. The zero-order valence-corrected chi connectivity index (χ0v) is 27.3. The van der Waals surface area contributed by atoms with Gasteiger partial charge < -0.3 is 14.6 Å². The fraction of sp³-hybridized carbons (Fsp3) is 0.100. The fourth-order valence-corrected chi connectivity index (χ4v) is 5.81. The molecule has 0 radical (unpaired) electrons. The van der Waals surface area contributed by atoms with Gasteiger partial charge in [0.25, 0.3) is 0 Å². The minimum Gasteiger partial charge on any atom is -0.318 e. The molecule has 0 atom stereocenters. The van der Waals surface area contributed by atoms with Crippen LogP contribution in [0.2, 0.25) is 0 Å². The molecule has 0 spiro atoms. The number of carbonyl (C=O) groups is 4. The Morgan fingerprint density at radius 1 is 0.510 bits per heavy atom. The Morgan fingerprint density at radius 3 is 1.53 bits per heavy atom. The lowest BCUT2D eigenvalue weighted by atomic mass is 9.90. The highest BCUT2D eigenvalue weighted by atomic mass is 16.7. The standard InChI is InChI=1S/C40H31N3O6/c1-24(41-48-26(3)44)39(46)29-18-20-31(21-19-29)43(32-22-17-28-11-5-6-12-30(28)23-32)38-35-15-9-7-13-33(35)37(34-14-8-10-16-36(34)38)40(47)25(2)42-49-27(4)45/h5-23H,1-4H3/b41-24-,42-25+. The average Bonchev–Trinajstić information content (AvgIpc) is 3.12. The van der Waals surface area contributed by atoms with Crippen molar-refractivity contribution in [1.82, 2.24) is 0 Å². The highest BCUT2D eigenvalue weighted by molar-refractivity contribution is 6.50. The van der Waals surface area contributed by atoms with Gasteiger partial charge in [0.1, 0.15) is 11.4 Å². The van der Waals surface area contributed by atoms with Crippen molar-refractivity contribution in [3.05, 3.63) is 126 Å². The molecule has 0 heterocycles. The quantitative estimate of drug-likeness (QED) is 0.0505. The van der Waals surface area contributed by atoms with Crippen molar-refractivity contribution in [2.24, 2.45) is 10.3 Å². The minimum absolute atomic E-state index is 0.0393. The number of carbonyl (C=O) groups excluding carboxylic acids is 4. The maximum atomic E-state index is 14.0. The Bertz CT molecular complexity index is 2300. The Hall–Kier alpha value is -6.48. The number of hydrogen-bond acceptors (Lipinski definition) is 9. The molecular weight excluding hydrogens is 618 g/mol. The Balaban J connectivity index is 1.61. The smallest absolute Gasteiger partial charge is 0.318 e. The van der Waals surface area contributed by atoms with Gasteiger partial charge in [-0.05, 0) is 71.8 Å². The fourth-order valence-electron chi connectivity index (χ4n) is 5.81. The summed E-state index contributed by atoms with van der Waals surface area (Å²) in [5, 5.41) is 12.5. The second-order valence-corrected chi connectivity index (χ2v) is 11.4. The first kappa shape index (κ1) is 32.5. The van der Waals surface area contributed by atoms with Gasteiger partial charge in [0.2, 0.25) is 11.6 Å². The second kappa shape index (κ2) is 13.7. The van der Waals surface area contributed by atoms with Crippen LogP contribution in [0.5, 0.6) is 0 Å². The lowest BCUT2D eigenvalue weighted by Crippen LogP contribution is -2.16. The van der Waals surface area contributed by atoms with Gasteiger partial charge in [0.05, 0.1) is 5.69 Å². The summed E-state index contributed by atoms with van der Waals surface area (Å²) in [6.07, 6.45) is 0. The first-order valence-corrected chi connectivity index (χ1v) is 15.5. The van der Waals surface area contributed by atoms with E-state index in [9.17, 15) is 19.2 Å². The van der Waals surface area contributed by atoms with Crippen molar-refractivity contribution in [3.8, 4) is 0 Å². The van der Waals surface area contributed by atoms with Gasteiger partial charge in [-0.15, -0.1) is 0 Å². The minimum atomic E-state index is -0.622. The van der Waals surface area contributed by atoms with Crippen molar-refractivity contribution < 1.29 is 28.9 Å². The molecule has 6 rings (SSSR count). The van der Waals surface area contributed by atoms with E-state index >= 15 is 0 Å². The van der Waals surface area contributed by atoms with Crippen molar-refractivity contribution >= 4 is 84.3 Å². The molecule has 0 fully saturated rings. The third kappa shape index (κ3) is 6.55. The van der Waals surface area contributed by atoms with Crippen LogP contribution >= 0.6 is 0 Å². The van der Waals surface area contributed by atoms with Gasteiger partial charge in [-0.2, -0.15) is 0 Å². The number of benzene rings is 6. The molecule has 242 valence electrons. The van der Waals surface area contributed by atoms with E-state index in [4.69, 9.17) is 4.84 Å². The van der Waals surface area contributed by atoms with Crippen LogP contribution in [0.1, 0.15) is 48.4 Å². The maximum Gasteiger partial charge on any atom is 0.331 e. The van der Waals surface area contributed by atoms with E-state index in [1.54, 1.807) is 12.1 Å². The maximum absolute atomic E-state index is 14.0. The molecule has 0 unspecified atom stereocenters. The number of Topliss-reactive ketones (excluding diaryl/α,β-unsaturated/α-hetero) is 2. The molecule has 0 bridgehead atoms. The molecular formula is C40H31N3O6.